The molecule has 0 N–H and O–H groups in total. The van der Waals surface area contributed by atoms with E-state index >= 15 is 0 Å². The van der Waals surface area contributed by atoms with Crippen molar-refractivity contribution in [2.45, 2.75) is 18.9 Å². The van der Waals surface area contributed by atoms with E-state index in [-0.39, 0.29) is 6.04 Å². The predicted octanol–water partition coefficient (Wildman–Crippen LogP) is 4.44. The summed E-state index contributed by atoms with van der Waals surface area (Å²) in [5.41, 5.74) is 2.48. The van der Waals surface area contributed by atoms with E-state index < -0.39 is 0 Å². The number of aldehydes is 1. The highest BCUT2D eigenvalue weighted by molar-refractivity contribution is 6.30. The molecule has 4 rings (SSSR count). The van der Waals surface area contributed by atoms with Crippen molar-refractivity contribution >= 4 is 34.6 Å². The quantitative estimate of drug-likeness (QED) is 0.663. The predicted molar refractivity (Wildman–Crippen MR) is 95.7 cm³/mol. The van der Waals surface area contributed by atoms with Crippen molar-refractivity contribution in [2.75, 3.05) is 11.4 Å². The second-order valence-electron chi connectivity index (χ2n) is 5.96. The lowest BCUT2D eigenvalue weighted by molar-refractivity contribution is 0.111. The van der Waals surface area contributed by atoms with Gasteiger partial charge in [0, 0.05) is 23.2 Å². The topological polar surface area (TPSA) is 46.1 Å². The number of carbonyl (C=O) groups excluding carboxylic acids is 1. The van der Waals surface area contributed by atoms with Gasteiger partial charge in [-0.3, -0.25) is 4.79 Å². The molecule has 4 nitrogen and oxygen atoms in total. The van der Waals surface area contributed by atoms with Crippen LogP contribution >= 0.6 is 11.6 Å². The van der Waals surface area contributed by atoms with Crippen LogP contribution in [-0.2, 0) is 0 Å². The van der Waals surface area contributed by atoms with E-state index in [4.69, 9.17) is 11.6 Å². The molecule has 0 saturated carbocycles. The van der Waals surface area contributed by atoms with E-state index in [0.717, 1.165) is 47.4 Å². The van der Waals surface area contributed by atoms with Crippen LogP contribution in [0.4, 0.5) is 5.82 Å². The highest BCUT2D eigenvalue weighted by atomic mass is 35.5. The van der Waals surface area contributed by atoms with Crippen LogP contribution in [0.15, 0.2) is 48.7 Å². The van der Waals surface area contributed by atoms with E-state index in [1.807, 2.05) is 24.3 Å². The van der Waals surface area contributed by atoms with Crippen molar-refractivity contribution < 1.29 is 4.79 Å². The average Bonchev–Trinajstić information content (AvgIpc) is 3.10. The maximum Gasteiger partial charge on any atom is 0.168 e. The first-order valence-corrected chi connectivity index (χ1v) is 8.37. The number of hydrogen-bond donors (Lipinski definition) is 0. The van der Waals surface area contributed by atoms with Gasteiger partial charge in [-0.1, -0.05) is 23.7 Å². The Bertz CT molecular complexity index is 895. The largest absolute Gasteiger partial charge is 0.349 e. The van der Waals surface area contributed by atoms with Gasteiger partial charge in [0.05, 0.1) is 11.6 Å². The van der Waals surface area contributed by atoms with Gasteiger partial charge in [0.1, 0.15) is 11.5 Å². The Balaban J connectivity index is 1.78. The Hall–Kier alpha value is -2.46. The molecular formula is C19H16ClN3O. The van der Waals surface area contributed by atoms with Crippen molar-refractivity contribution in [1.82, 2.24) is 9.97 Å². The summed E-state index contributed by atoms with van der Waals surface area (Å²) in [5, 5.41) is 1.72. The van der Waals surface area contributed by atoms with Gasteiger partial charge in [-0.15, -0.1) is 0 Å². The fourth-order valence-electron chi connectivity index (χ4n) is 3.40. The molecular weight excluding hydrogens is 322 g/mol. The summed E-state index contributed by atoms with van der Waals surface area (Å²) in [4.78, 5) is 22.3. The maximum absolute atomic E-state index is 11.0. The molecule has 1 saturated heterocycles. The van der Waals surface area contributed by atoms with Gasteiger partial charge in [0.2, 0.25) is 0 Å². The Morgan fingerprint density at radius 1 is 1.12 bits per heavy atom. The smallest absolute Gasteiger partial charge is 0.168 e. The van der Waals surface area contributed by atoms with Crippen molar-refractivity contribution in [3.8, 4) is 0 Å². The van der Waals surface area contributed by atoms with Crippen LogP contribution in [-0.4, -0.2) is 22.8 Å². The van der Waals surface area contributed by atoms with Crippen LogP contribution in [0.5, 0.6) is 0 Å². The van der Waals surface area contributed by atoms with Crippen LogP contribution in [0.25, 0.3) is 10.9 Å². The molecule has 0 aliphatic carbocycles. The maximum atomic E-state index is 11.0. The van der Waals surface area contributed by atoms with Gasteiger partial charge in [0.15, 0.2) is 6.29 Å². The van der Waals surface area contributed by atoms with Crippen LogP contribution in [0.1, 0.15) is 34.9 Å². The third-order valence-electron chi connectivity index (χ3n) is 4.52. The Kier molecular flexibility index (Phi) is 3.90. The van der Waals surface area contributed by atoms with E-state index in [2.05, 4.69) is 27.0 Å². The normalized spacial score (nSPS) is 17.4. The number of hydrogen-bond acceptors (Lipinski definition) is 4. The number of halogens is 1. The first kappa shape index (κ1) is 15.1. The molecule has 0 spiro atoms. The summed E-state index contributed by atoms with van der Waals surface area (Å²) in [6.45, 7) is 0.953. The zero-order valence-electron chi connectivity index (χ0n) is 13.0. The van der Waals surface area contributed by atoms with Crippen LogP contribution in [0.2, 0.25) is 5.02 Å². The molecule has 1 aliphatic rings. The van der Waals surface area contributed by atoms with Crippen LogP contribution < -0.4 is 4.90 Å². The molecule has 24 heavy (non-hydrogen) atoms. The Morgan fingerprint density at radius 2 is 1.96 bits per heavy atom. The summed E-state index contributed by atoms with van der Waals surface area (Å²) >= 11 is 6.02. The molecule has 5 heteroatoms. The molecule has 0 radical (unpaired) electrons. The highest BCUT2D eigenvalue weighted by Gasteiger charge is 2.28. The number of nitrogens with zero attached hydrogens (tertiary/aromatic N) is 3. The minimum Gasteiger partial charge on any atom is -0.349 e. The second-order valence-corrected chi connectivity index (χ2v) is 6.39. The fourth-order valence-corrected chi connectivity index (χ4v) is 3.53. The molecule has 1 unspecified atom stereocenters. The highest BCUT2D eigenvalue weighted by Crippen LogP contribution is 2.38. The zero-order valence-corrected chi connectivity index (χ0v) is 13.8. The number of pyridine rings is 2. The van der Waals surface area contributed by atoms with Crippen molar-refractivity contribution in [1.29, 1.82) is 0 Å². The monoisotopic (exact) mass is 337 g/mol. The first-order valence-electron chi connectivity index (χ1n) is 7.99. The summed E-state index contributed by atoms with van der Waals surface area (Å²) in [5.74, 6) is 0.926. The average molecular weight is 338 g/mol. The third-order valence-corrected chi connectivity index (χ3v) is 4.77. The van der Waals surface area contributed by atoms with E-state index in [9.17, 15) is 4.79 Å². The SMILES string of the molecule is O=Cc1ccc2c(N3CCCC3c3ccc(Cl)cc3)nccc2n1. The Labute approximate surface area is 145 Å². The number of carbonyl (C=O) groups is 1. The van der Waals surface area contributed by atoms with Crippen molar-refractivity contribution in [3.05, 3.63) is 64.9 Å². The van der Waals surface area contributed by atoms with Gasteiger partial charge < -0.3 is 4.90 Å². The van der Waals surface area contributed by atoms with Gasteiger partial charge in [-0.05, 0) is 48.7 Å². The molecule has 1 aliphatic heterocycles. The lowest BCUT2D eigenvalue weighted by Gasteiger charge is -2.27. The molecule has 1 fully saturated rings. The minimum atomic E-state index is 0.283. The van der Waals surface area contributed by atoms with Gasteiger partial charge in [0.25, 0.3) is 0 Å². The summed E-state index contributed by atoms with van der Waals surface area (Å²) in [6, 6.07) is 13.8. The van der Waals surface area contributed by atoms with Crippen LogP contribution in [0, 0.1) is 0 Å². The molecule has 1 atom stereocenters. The number of fused-ring (bicyclic) bond motifs is 1. The van der Waals surface area contributed by atoms with Crippen molar-refractivity contribution in [2.24, 2.45) is 0 Å². The number of anilines is 1. The van der Waals surface area contributed by atoms with E-state index in [1.165, 1.54) is 5.56 Å². The Morgan fingerprint density at radius 3 is 2.75 bits per heavy atom. The third kappa shape index (κ3) is 2.63. The zero-order chi connectivity index (χ0) is 16.5. The molecule has 0 amide bonds. The molecule has 1 aromatic carbocycles. The minimum absolute atomic E-state index is 0.283. The standard InChI is InChI=1S/C19H16ClN3O/c20-14-5-3-13(4-6-14)18-2-1-11-23(18)19-16-8-7-15(12-24)22-17(16)9-10-21-19/h3-10,12,18H,1-2,11H2. The first-order chi connectivity index (χ1) is 11.8. The fraction of sp³-hybridized carbons (Fsp3) is 0.211. The lowest BCUT2D eigenvalue weighted by atomic mass is 10.0. The van der Waals surface area contributed by atoms with Gasteiger partial charge in [-0.2, -0.15) is 0 Å². The number of benzene rings is 1. The van der Waals surface area contributed by atoms with E-state index in [0.29, 0.717) is 5.69 Å². The molecule has 0 bridgehead atoms. The molecule has 2 aromatic heterocycles. The summed E-state index contributed by atoms with van der Waals surface area (Å²) < 4.78 is 0. The molecule has 120 valence electrons. The van der Waals surface area contributed by atoms with E-state index in [1.54, 1.807) is 12.3 Å². The second kappa shape index (κ2) is 6.21. The number of rotatable bonds is 3. The van der Waals surface area contributed by atoms with Crippen LogP contribution in [0.3, 0.4) is 0 Å². The number of aromatic nitrogens is 2. The lowest BCUT2D eigenvalue weighted by Crippen LogP contribution is -2.23. The van der Waals surface area contributed by atoms with Gasteiger partial charge in [-0.25, -0.2) is 9.97 Å². The molecule has 3 heterocycles. The molecule has 3 aromatic rings. The summed E-state index contributed by atoms with van der Waals surface area (Å²) in [6.07, 6.45) is 4.73. The summed E-state index contributed by atoms with van der Waals surface area (Å²) in [7, 11) is 0. The van der Waals surface area contributed by atoms with Gasteiger partial charge >= 0.3 is 0 Å². The van der Waals surface area contributed by atoms with Crippen molar-refractivity contribution in [3.63, 3.8) is 0 Å².